The van der Waals surface area contributed by atoms with Gasteiger partial charge in [0.2, 0.25) is 0 Å². The second-order valence-corrected chi connectivity index (χ2v) is 7.72. The Kier molecular flexibility index (Phi) is 12.8. The van der Waals surface area contributed by atoms with E-state index in [1.807, 2.05) is 7.11 Å². The van der Waals surface area contributed by atoms with Gasteiger partial charge in [0.25, 0.3) is 0 Å². The van der Waals surface area contributed by atoms with Crippen molar-refractivity contribution < 1.29 is 4.74 Å². The zero-order valence-electron chi connectivity index (χ0n) is 14.4. The highest BCUT2D eigenvalue weighted by Crippen LogP contribution is 2.26. The summed E-state index contributed by atoms with van der Waals surface area (Å²) in [6.07, 6.45) is 15.5. The first-order valence-corrected chi connectivity index (χ1v) is 10.3. The fourth-order valence-corrected chi connectivity index (χ4v) is 4.57. The topological polar surface area (TPSA) is 21.3 Å². The van der Waals surface area contributed by atoms with Crippen LogP contribution in [-0.2, 0) is 4.74 Å². The minimum absolute atomic E-state index is 0.714. The molecule has 0 radical (unpaired) electrons. The molecule has 0 spiro atoms. The first-order chi connectivity index (χ1) is 10.4. The number of thioether (sulfide) groups is 1. The number of rotatable bonds is 7. The van der Waals surface area contributed by atoms with Crippen molar-refractivity contribution in [2.75, 3.05) is 26.0 Å². The Morgan fingerprint density at radius 3 is 2.19 bits per heavy atom. The van der Waals surface area contributed by atoms with Gasteiger partial charge in [0.1, 0.15) is 0 Å². The van der Waals surface area contributed by atoms with Gasteiger partial charge in [-0.05, 0) is 25.8 Å². The molecule has 21 heavy (non-hydrogen) atoms. The maximum atomic E-state index is 5.25. The van der Waals surface area contributed by atoms with Gasteiger partial charge in [0.15, 0.2) is 0 Å². The average Bonchev–Trinajstić information content (AvgIpc) is 2.49. The summed E-state index contributed by atoms with van der Waals surface area (Å²) in [7, 11) is 1.81. The molecular weight excluding hydrogens is 278 g/mol. The molecule has 0 amide bonds. The molecule has 0 aliphatic heterocycles. The van der Waals surface area contributed by atoms with E-state index in [9.17, 15) is 0 Å². The van der Waals surface area contributed by atoms with Gasteiger partial charge in [0.05, 0.1) is 6.61 Å². The van der Waals surface area contributed by atoms with Gasteiger partial charge < -0.3 is 10.1 Å². The summed E-state index contributed by atoms with van der Waals surface area (Å²) in [6.45, 7) is 4.34. The zero-order chi connectivity index (χ0) is 15.2. The number of ether oxygens (including phenoxy) is 1. The van der Waals surface area contributed by atoms with E-state index in [2.05, 4.69) is 24.0 Å². The highest BCUT2D eigenvalue weighted by atomic mass is 32.2. The third kappa shape index (κ3) is 9.80. The molecule has 1 saturated carbocycles. The van der Waals surface area contributed by atoms with Crippen LogP contribution in [0.5, 0.6) is 0 Å². The van der Waals surface area contributed by atoms with Gasteiger partial charge in [-0.1, -0.05) is 58.3 Å². The highest BCUT2D eigenvalue weighted by Gasteiger charge is 2.21. The summed E-state index contributed by atoms with van der Waals surface area (Å²) in [5.74, 6) is 1.14. The molecule has 0 saturated heterocycles. The minimum Gasteiger partial charge on any atom is -0.384 e. The third-order valence-electron chi connectivity index (χ3n) is 4.48. The van der Waals surface area contributed by atoms with Crippen molar-refractivity contribution >= 4 is 11.8 Å². The quantitative estimate of drug-likeness (QED) is 0.667. The first-order valence-electron chi connectivity index (χ1n) is 9.22. The second-order valence-electron chi connectivity index (χ2n) is 6.37. The molecule has 3 heteroatoms. The van der Waals surface area contributed by atoms with Crippen molar-refractivity contribution in [1.29, 1.82) is 0 Å². The summed E-state index contributed by atoms with van der Waals surface area (Å²) < 4.78 is 5.25. The Morgan fingerprint density at radius 1 is 0.952 bits per heavy atom. The van der Waals surface area contributed by atoms with Crippen LogP contribution in [0.25, 0.3) is 0 Å². The lowest BCUT2D eigenvalue weighted by atomic mass is 9.97. The zero-order valence-corrected chi connectivity index (χ0v) is 15.2. The van der Waals surface area contributed by atoms with Crippen molar-refractivity contribution in [2.45, 2.75) is 88.8 Å². The van der Waals surface area contributed by atoms with E-state index in [1.54, 1.807) is 0 Å². The van der Waals surface area contributed by atoms with Crippen LogP contribution in [0.3, 0.4) is 0 Å². The van der Waals surface area contributed by atoms with Gasteiger partial charge in [-0.3, -0.25) is 0 Å². The van der Waals surface area contributed by atoms with Crippen LogP contribution in [0.4, 0.5) is 0 Å². The van der Waals surface area contributed by atoms with E-state index in [1.165, 1.54) is 77.2 Å². The Morgan fingerprint density at radius 2 is 1.57 bits per heavy atom. The Balaban J connectivity index is 2.49. The van der Waals surface area contributed by atoms with Gasteiger partial charge in [-0.15, -0.1) is 0 Å². The van der Waals surface area contributed by atoms with Crippen molar-refractivity contribution in [2.24, 2.45) is 0 Å². The SMILES string of the molecule is CCCNC1CCCCCCCCCCC1SCCOC. The third-order valence-corrected chi connectivity index (χ3v) is 5.87. The largest absolute Gasteiger partial charge is 0.384 e. The molecule has 0 aromatic carbocycles. The molecule has 2 atom stereocenters. The van der Waals surface area contributed by atoms with Gasteiger partial charge in [0, 0.05) is 24.2 Å². The Hall–Kier alpha value is 0.270. The standard InChI is InChI=1S/C18H37NOS/c1-3-14-19-17-12-10-8-6-4-5-7-9-11-13-18(17)21-16-15-20-2/h17-19H,3-16H2,1-2H3. The molecule has 1 fully saturated rings. The van der Waals surface area contributed by atoms with Crippen LogP contribution in [0.1, 0.15) is 77.6 Å². The van der Waals surface area contributed by atoms with Crippen molar-refractivity contribution in [3.8, 4) is 0 Å². The Labute approximate surface area is 137 Å². The van der Waals surface area contributed by atoms with E-state index >= 15 is 0 Å². The average molecular weight is 316 g/mol. The summed E-state index contributed by atoms with van der Waals surface area (Å²) >= 11 is 2.14. The molecule has 2 unspecified atom stereocenters. The van der Waals surface area contributed by atoms with Crippen LogP contribution in [0.2, 0.25) is 0 Å². The lowest BCUT2D eigenvalue weighted by Gasteiger charge is -2.28. The normalized spacial score (nSPS) is 26.0. The predicted octanol–water partition coefficient (Wildman–Crippen LogP) is 5.02. The van der Waals surface area contributed by atoms with E-state index in [-0.39, 0.29) is 0 Å². The summed E-state index contributed by atoms with van der Waals surface area (Å²) in [5, 5.41) is 4.62. The van der Waals surface area contributed by atoms with E-state index in [0.717, 1.165) is 17.6 Å². The number of nitrogens with one attached hydrogen (secondary N) is 1. The van der Waals surface area contributed by atoms with Gasteiger partial charge in [-0.2, -0.15) is 11.8 Å². The van der Waals surface area contributed by atoms with Crippen LogP contribution in [-0.4, -0.2) is 37.3 Å². The van der Waals surface area contributed by atoms with Crippen LogP contribution in [0.15, 0.2) is 0 Å². The van der Waals surface area contributed by atoms with Gasteiger partial charge >= 0.3 is 0 Å². The molecule has 2 nitrogen and oxygen atoms in total. The molecule has 0 aromatic rings. The number of hydrogen-bond donors (Lipinski definition) is 1. The predicted molar refractivity (Wildman–Crippen MR) is 96.4 cm³/mol. The number of methoxy groups -OCH3 is 1. The lowest BCUT2D eigenvalue weighted by Crippen LogP contribution is -2.39. The minimum atomic E-state index is 0.714. The lowest BCUT2D eigenvalue weighted by molar-refractivity contribution is 0.218. The van der Waals surface area contributed by atoms with Gasteiger partial charge in [-0.25, -0.2) is 0 Å². The van der Waals surface area contributed by atoms with E-state index in [4.69, 9.17) is 4.74 Å². The van der Waals surface area contributed by atoms with Crippen LogP contribution >= 0.6 is 11.8 Å². The van der Waals surface area contributed by atoms with Crippen LogP contribution < -0.4 is 5.32 Å². The van der Waals surface area contributed by atoms with Crippen molar-refractivity contribution in [3.63, 3.8) is 0 Å². The maximum Gasteiger partial charge on any atom is 0.0553 e. The molecule has 1 aliphatic carbocycles. The summed E-state index contributed by atoms with van der Waals surface area (Å²) in [5.41, 5.74) is 0. The Bertz CT molecular complexity index is 225. The molecule has 1 rings (SSSR count). The fraction of sp³-hybridized carbons (Fsp3) is 1.00. The monoisotopic (exact) mass is 315 g/mol. The number of hydrogen-bond acceptors (Lipinski definition) is 3. The molecule has 1 aliphatic rings. The molecule has 0 bridgehead atoms. The van der Waals surface area contributed by atoms with Crippen LogP contribution in [0, 0.1) is 0 Å². The molecular formula is C18H37NOS. The van der Waals surface area contributed by atoms with E-state index in [0.29, 0.717) is 6.04 Å². The highest BCUT2D eigenvalue weighted by molar-refractivity contribution is 7.99. The molecule has 1 N–H and O–H groups in total. The summed E-state index contributed by atoms with van der Waals surface area (Å²) in [6, 6.07) is 0.714. The maximum absolute atomic E-state index is 5.25. The first kappa shape index (κ1) is 19.3. The molecule has 0 heterocycles. The van der Waals surface area contributed by atoms with Crippen molar-refractivity contribution in [1.82, 2.24) is 5.32 Å². The van der Waals surface area contributed by atoms with E-state index < -0.39 is 0 Å². The molecule has 0 aromatic heterocycles. The van der Waals surface area contributed by atoms with Crippen molar-refractivity contribution in [3.05, 3.63) is 0 Å². The molecule has 126 valence electrons. The second kappa shape index (κ2) is 13.9. The fourth-order valence-electron chi connectivity index (χ4n) is 3.20. The summed E-state index contributed by atoms with van der Waals surface area (Å²) in [4.78, 5) is 0. The smallest absolute Gasteiger partial charge is 0.0553 e.